The molecule has 1 aliphatic rings. The molecule has 0 radical (unpaired) electrons. The van der Waals surface area contributed by atoms with Crippen molar-refractivity contribution in [3.8, 4) is 0 Å². The van der Waals surface area contributed by atoms with Crippen molar-refractivity contribution in [2.45, 2.75) is 58.5 Å². The Labute approximate surface area is 148 Å². The van der Waals surface area contributed by atoms with Crippen LogP contribution in [0.3, 0.4) is 0 Å². The number of likely N-dealkylation sites (tertiary alicyclic amines) is 1. The Morgan fingerprint density at radius 1 is 1.29 bits per heavy atom. The third-order valence-corrected chi connectivity index (χ3v) is 4.94. The molecule has 3 atom stereocenters. The van der Waals surface area contributed by atoms with Gasteiger partial charge in [-0.05, 0) is 57.2 Å². The van der Waals surface area contributed by atoms with Crippen LogP contribution in [0.1, 0.15) is 45.6 Å². The van der Waals surface area contributed by atoms with Crippen LogP contribution in [0.25, 0.3) is 0 Å². The molecule has 1 saturated heterocycles. The second kappa shape index (κ2) is 11.3. The van der Waals surface area contributed by atoms with Gasteiger partial charge in [0.05, 0.1) is 0 Å². The lowest BCUT2D eigenvalue weighted by atomic mass is 9.96. The highest BCUT2D eigenvalue weighted by Gasteiger charge is 2.25. The second-order valence-electron chi connectivity index (χ2n) is 6.82. The van der Waals surface area contributed by atoms with Crippen molar-refractivity contribution in [1.82, 2.24) is 10.2 Å². The molecule has 2 N–H and O–H groups in total. The fourth-order valence-corrected chi connectivity index (χ4v) is 3.61. The summed E-state index contributed by atoms with van der Waals surface area (Å²) in [7, 11) is 1.00. The molecule has 0 bridgehead atoms. The maximum absolute atomic E-state index is 7.00. The maximum atomic E-state index is 7.00. The summed E-state index contributed by atoms with van der Waals surface area (Å²) >= 11 is 0. The number of allylic oxidation sites excluding steroid dienone is 1. The Morgan fingerprint density at radius 3 is 2.58 bits per heavy atom. The normalized spacial score (nSPS) is 20.0. The zero-order valence-corrected chi connectivity index (χ0v) is 16.0. The highest BCUT2D eigenvalue weighted by atomic mass is 16.2. The van der Waals surface area contributed by atoms with Gasteiger partial charge < -0.3 is 15.3 Å². The third kappa shape index (κ3) is 6.66. The fourth-order valence-electron chi connectivity index (χ4n) is 3.61. The van der Waals surface area contributed by atoms with Crippen molar-refractivity contribution in [2.75, 3.05) is 20.2 Å². The molecule has 0 spiro atoms. The van der Waals surface area contributed by atoms with E-state index in [4.69, 9.17) is 5.11 Å². The SMILES string of the molecule is C=C(N[C@H](C)Cc1ccccc1)C(C)C[C@@H]1CCCN1CC.CO. The number of nitrogens with one attached hydrogen (secondary N) is 1. The molecular formula is C21H36N2O. The highest BCUT2D eigenvalue weighted by molar-refractivity contribution is 5.16. The monoisotopic (exact) mass is 332 g/mol. The van der Waals surface area contributed by atoms with E-state index in [0.717, 1.165) is 19.6 Å². The molecule has 1 aromatic carbocycles. The van der Waals surface area contributed by atoms with Gasteiger partial charge in [-0.2, -0.15) is 0 Å². The number of aliphatic hydroxyl groups is 1. The minimum absolute atomic E-state index is 0.434. The Balaban J connectivity index is 0.00000139. The minimum Gasteiger partial charge on any atom is -0.400 e. The summed E-state index contributed by atoms with van der Waals surface area (Å²) in [5.41, 5.74) is 2.59. The summed E-state index contributed by atoms with van der Waals surface area (Å²) in [6.45, 7) is 13.6. The summed E-state index contributed by atoms with van der Waals surface area (Å²) in [5.74, 6) is 0.537. The summed E-state index contributed by atoms with van der Waals surface area (Å²) in [5, 5.41) is 10.6. The van der Waals surface area contributed by atoms with E-state index in [9.17, 15) is 0 Å². The van der Waals surface area contributed by atoms with Crippen molar-refractivity contribution in [3.63, 3.8) is 0 Å². The molecule has 2 rings (SSSR count). The molecule has 1 heterocycles. The van der Waals surface area contributed by atoms with Crippen molar-refractivity contribution in [2.24, 2.45) is 5.92 Å². The van der Waals surface area contributed by atoms with Crippen LogP contribution in [0.4, 0.5) is 0 Å². The van der Waals surface area contributed by atoms with E-state index >= 15 is 0 Å². The number of nitrogens with zero attached hydrogens (tertiary/aromatic N) is 1. The van der Waals surface area contributed by atoms with Crippen LogP contribution in [0.15, 0.2) is 42.6 Å². The average Bonchev–Trinajstić information content (AvgIpc) is 3.04. The lowest BCUT2D eigenvalue weighted by Gasteiger charge is -2.28. The van der Waals surface area contributed by atoms with Crippen LogP contribution in [0.5, 0.6) is 0 Å². The first-order valence-corrected chi connectivity index (χ1v) is 9.28. The maximum Gasteiger partial charge on any atom is 0.0319 e. The number of hydrogen-bond acceptors (Lipinski definition) is 3. The molecular weight excluding hydrogens is 296 g/mol. The predicted octanol–water partition coefficient (Wildman–Crippen LogP) is 3.84. The molecule has 1 aliphatic heterocycles. The van der Waals surface area contributed by atoms with Crippen molar-refractivity contribution < 1.29 is 5.11 Å². The van der Waals surface area contributed by atoms with E-state index in [1.807, 2.05) is 0 Å². The quantitative estimate of drug-likeness (QED) is 0.759. The molecule has 1 fully saturated rings. The first-order chi connectivity index (χ1) is 11.6. The first-order valence-electron chi connectivity index (χ1n) is 9.28. The van der Waals surface area contributed by atoms with Crippen LogP contribution in [-0.4, -0.2) is 42.3 Å². The molecule has 136 valence electrons. The van der Waals surface area contributed by atoms with Gasteiger partial charge >= 0.3 is 0 Å². The molecule has 0 amide bonds. The van der Waals surface area contributed by atoms with Gasteiger partial charge in [0.15, 0.2) is 0 Å². The van der Waals surface area contributed by atoms with Gasteiger partial charge in [-0.3, -0.25) is 0 Å². The third-order valence-electron chi connectivity index (χ3n) is 4.94. The highest BCUT2D eigenvalue weighted by Crippen LogP contribution is 2.25. The van der Waals surface area contributed by atoms with E-state index in [0.29, 0.717) is 12.0 Å². The number of benzene rings is 1. The molecule has 0 saturated carbocycles. The number of aliphatic hydroxyl groups excluding tert-OH is 1. The van der Waals surface area contributed by atoms with Crippen molar-refractivity contribution in [1.29, 1.82) is 0 Å². The fraction of sp³-hybridized carbons (Fsp3) is 0.619. The average molecular weight is 333 g/mol. The lowest BCUT2D eigenvalue weighted by Crippen LogP contribution is -2.34. The molecule has 24 heavy (non-hydrogen) atoms. The van der Waals surface area contributed by atoms with E-state index in [2.05, 4.69) is 67.9 Å². The summed E-state index contributed by atoms with van der Waals surface area (Å²) in [4.78, 5) is 2.62. The van der Waals surface area contributed by atoms with Gasteiger partial charge in [0, 0.05) is 24.9 Å². The zero-order valence-electron chi connectivity index (χ0n) is 16.0. The van der Waals surface area contributed by atoms with Crippen molar-refractivity contribution in [3.05, 3.63) is 48.2 Å². The smallest absolute Gasteiger partial charge is 0.0319 e. The van der Waals surface area contributed by atoms with Gasteiger partial charge in [0.2, 0.25) is 0 Å². The number of hydrogen-bond donors (Lipinski definition) is 2. The molecule has 0 aromatic heterocycles. The Bertz CT molecular complexity index is 460. The van der Waals surface area contributed by atoms with Crippen LogP contribution in [0, 0.1) is 5.92 Å². The van der Waals surface area contributed by atoms with Crippen molar-refractivity contribution >= 4 is 0 Å². The molecule has 1 aromatic rings. The van der Waals surface area contributed by atoms with Gasteiger partial charge in [-0.25, -0.2) is 0 Å². The minimum atomic E-state index is 0.434. The van der Waals surface area contributed by atoms with E-state index < -0.39 is 0 Å². The molecule has 3 heteroatoms. The molecule has 0 aliphatic carbocycles. The first kappa shape index (κ1) is 20.7. The van der Waals surface area contributed by atoms with E-state index in [-0.39, 0.29) is 0 Å². The lowest BCUT2D eigenvalue weighted by molar-refractivity contribution is 0.238. The second-order valence-corrected chi connectivity index (χ2v) is 6.82. The van der Waals surface area contributed by atoms with Gasteiger partial charge in [-0.15, -0.1) is 0 Å². The van der Waals surface area contributed by atoms with Gasteiger partial charge in [0.1, 0.15) is 0 Å². The molecule has 3 nitrogen and oxygen atoms in total. The number of rotatable bonds is 8. The van der Waals surface area contributed by atoms with Crippen LogP contribution in [-0.2, 0) is 6.42 Å². The molecule has 1 unspecified atom stereocenters. The van der Waals surface area contributed by atoms with Gasteiger partial charge in [-0.1, -0.05) is 50.8 Å². The van der Waals surface area contributed by atoms with Crippen LogP contribution in [0.2, 0.25) is 0 Å². The summed E-state index contributed by atoms with van der Waals surface area (Å²) in [6, 6.07) is 11.9. The topological polar surface area (TPSA) is 35.5 Å². The van der Waals surface area contributed by atoms with Crippen LogP contribution >= 0.6 is 0 Å². The Kier molecular flexibility index (Phi) is 9.73. The largest absolute Gasteiger partial charge is 0.400 e. The predicted molar refractivity (Wildman–Crippen MR) is 104 cm³/mol. The standard InChI is InChI=1S/C20H32N2.CH4O/c1-5-22-13-9-12-20(22)14-16(2)18(4)21-17(3)15-19-10-7-6-8-11-19;1-2/h6-8,10-11,16-17,20-21H,4-5,9,12-15H2,1-3H3;2H,1H3/t16?,17-,20+;/m1./s1. The van der Waals surface area contributed by atoms with Crippen LogP contribution < -0.4 is 5.32 Å². The summed E-state index contributed by atoms with van der Waals surface area (Å²) in [6.07, 6.45) is 5.00. The summed E-state index contributed by atoms with van der Waals surface area (Å²) < 4.78 is 0. The zero-order chi connectivity index (χ0) is 17.9. The Morgan fingerprint density at radius 2 is 1.96 bits per heavy atom. The van der Waals surface area contributed by atoms with Gasteiger partial charge in [0.25, 0.3) is 0 Å². The Hall–Kier alpha value is -1.32. The van der Waals surface area contributed by atoms with E-state index in [1.54, 1.807) is 0 Å². The van der Waals surface area contributed by atoms with E-state index in [1.165, 1.54) is 43.6 Å².